The van der Waals surface area contributed by atoms with Crippen LogP contribution in [-0.2, 0) is 0 Å². The Morgan fingerprint density at radius 2 is 0.674 bits per heavy atom. The molecular weight excluding hydrogens is 518 g/mol. The lowest BCUT2D eigenvalue weighted by Gasteiger charge is -2.38. The van der Waals surface area contributed by atoms with Crippen LogP contribution in [0.4, 0.5) is 0 Å². The van der Waals surface area contributed by atoms with Crippen molar-refractivity contribution in [2.45, 2.75) is 232 Å². The van der Waals surface area contributed by atoms with E-state index in [-0.39, 0.29) is 0 Å². The summed E-state index contributed by atoms with van der Waals surface area (Å²) in [6.45, 7) is 5.94. The lowest BCUT2D eigenvalue weighted by atomic mass is 9.99. The second-order valence-corrected chi connectivity index (χ2v) is 14.8. The van der Waals surface area contributed by atoms with Gasteiger partial charge in [-0.05, 0) is 31.4 Å². The van der Waals surface area contributed by atoms with E-state index in [9.17, 15) is 0 Å². The molecule has 0 spiro atoms. The van der Waals surface area contributed by atoms with E-state index in [0.29, 0.717) is 6.04 Å². The molecule has 0 aromatic carbocycles. The molecule has 0 saturated carbocycles. The van der Waals surface area contributed by atoms with Gasteiger partial charge in [-0.1, -0.05) is 206 Å². The zero-order valence-electron chi connectivity index (χ0n) is 30.4. The van der Waals surface area contributed by atoms with E-state index < -0.39 is 0 Å². The third-order valence-corrected chi connectivity index (χ3v) is 10.5. The minimum atomic E-state index is 0.702. The molecule has 0 amide bonds. The summed E-state index contributed by atoms with van der Waals surface area (Å²) in [5.41, 5.74) is 0. The summed E-state index contributed by atoms with van der Waals surface area (Å²) in [6.07, 6.45) is 57.6. The van der Waals surface area contributed by atoms with E-state index >= 15 is 0 Å². The van der Waals surface area contributed by atoms with Gasteiger partial charge in [-0.15, -0.1) is 0 Å². The molecule has 0 aliphatic carbocycles. The fraction of sp³-hybridized carbons (Fsp3) is 0.905. The van der Waals surface area contributed by atoms with Crippen LogP contribution in [0.2, 0.25) is 0 Å². The van der Waals surface area contributed by atoms with Gasteiger partial charge < -0.3 is 0 Å². The van der Waals surface area contributed by atoms with Crippen molar-refractivity contribution in [2.75, 3.05) is 13.6 Å². The lowest BCUT2D eigenvalue weighted by molar-refractivity contribution is -0.879. The smallest absolute Gasteiger partial charge is 0.112 e. The van der Waals surface area contributed by atoms with Gasteiger partial charge in [0.2, 0.25) is 0 Å². The van der Waals surface area contributed by atoms with Crippen LogP contribution in [0.3, 0.4) is 0 Å². The molecule has 0 bridgehead atoms. The highest BCUT2D eigenvalue weighted by Crippen LogP contribution is 2.25. The zero-order valence-corrected chi connectivity index (χ0v) is 30.4. The SMILES string of the molecule is CCCCCCCCCCCCCCCCCC[C@H]1C=CC=C[N+]1(C)CCCCCCCCCCCCCCCCCC. The molecule has 43 heavy (non-hydrogen) atoms. The van der Waals surface area contributed by atoms with Crippen molar-refractivity contribution >= 4 is 0 Å². The number of likely N-dealkylation sites (N-methyl/N-ethyl adjacent to an activating group) is 1. The maximum atomic E-state index is 2.51. The van der Waals surface area contributed by atoms with Gasteiger partial charge in [-0.25, -0.2) is 0 Å². The number of hydrogen-bond donors (Lipinski definition) is 0. The maximum Gasteiger partial charge on any atom is 0.112 e. The molecule has 0 aromatic heterocycles. The first-order valence-corrected chi connectivity index (χ1v) is 20.4. The highest BCUT2D eigenvalue weighted by Gasteiger charge is 2.29. The number of quaternary nitrogens is 1. The zero-order chi connectivity index (χ0) is 30.9. The lowest BCUT2D eigenvalue weighted by Crippen LogP contribution is -2.48. The van der Waals surface area contributed by atoms with Crippen molar-refractivity contribution < 1.29 is 4.48 Å². The summed E-state index contributed by atoms with van der Waals surface area (Å²) in [4.78, 5) is 0. The van der Waals surface area contributed by atoms with E-state index in [1.165, 1.54) is 218 Å². The number of nitrogens with zero attached hydrogens (tertiary/aromatic N) is 1. The average molecular weight is 601 g/mol. The van der Waals surface area contributed by atoms with Crippen LogP contribution in [-0.4, -0.2) is 24.1 Å². The topological polar surface area (TPSA) is 0 Å². The van der Waals surface area contributed by atoms with Crippen LogP contribution >= 0.6 is 0 Å². The molecule has 0 saturated heterocycles. The summed E-state index contributed by atoms with van der Waals surface area (Å²) in [6, 6.07) is 0.702. The Bertz CT molecular complexity index is 606. The molecule has 254 valence electrons. The van der Waals surface area contributed by atoms with Crippen LogP contribution in [0.1, 0.15) is 226 Å². The van der Waals surface area contributed by atoms with Crippen molar-refractivity contribution in [3.8, 4) is 0 Å². The van der Waals surface area contributed by atoms with Crippen molar-refractivity contribution in [2.24, 2.45) is 0 Å². The quantitative estimate of drug-likeness (QED) is 0.0509. The summed E-state index contributed by atoms with van der Waals surface area (Å²) >= 11 is 0. The maximum absolute atomic E-state index is 2.51. The Morgan fingerprint density at radius 1 is 0.372 bits per heavy atom. The van der Waals surface area contributed by atoms with Gasteiger partial charge in [-0.3, -0.25) is 4.48 Å². The molecule has 2 atom stereocenters. The van der Waals surface area contributed by atoms with Gasteiger partial charge >= 0.3 is 0 Å². The average Bonchev–Trinajstić information content (AvgIpc) is 3.01. The Kier molecular flexibility index (Phi) is 29.6. The second kappa shape index (κ2) is 31.4. The molecule has 1 nitrogen and oxygen atoms in total. The van der Waals surface area contributed by atoms with Crippen LogP contribution < -0.4 is 0 Å². The Morgan fingerprint density at radius 3 is 1.02 bits per heavy atom. The predicted molar refractivity (Wildman–Crippen MR) is 197 cm³/mol. The van der Waals surface area contributed by atoms with Gasteiger partial charge in [0.1, 0.15) is 6.04 Å². The monoisotopic (exact) mass is 601 g/mol. The predicted octanol–water partition coefficient (Wildman–Crippen LogP) is 14.8. The number of allylic oxidation sites excluding steroid dienone is 2. The molecule has 1 heterocycles. The Balaban J connectivity index is 1.92. The Labute approximate surface area is 273 Å². The van der Waals surface area contributed by atoms with E-state index in [0.717, 1.165) is 4.48 Å². The fourth-order valence-electron chi connectivity index (χ4n) is 7.28. The highest BCUT2D eigenvalue weighted by atomic mass is 15.3. The summed E-state index contributed by atoms with van der Waals surface area (Å²) in [7, 11) is 2.49. The molecule has 0 fully saturated rings. The van der Waals surface area contributed by atoms with E-state index in [2.05, 4.69) is 45.3 Å². The second-order valence-electron chi connectivity index (χ2n) is 14.8. The minimum Gasteiger partial charge on any atom is -0.294 e. The highest BCUT2D eigenvalue weighted by molar-refractivity contribution is 5.07. The van der Waals surface area contributed by atoms with Crippen molar-refractivity contribution in [3.63, 3.8) is 0 Å². The van der Waals surface area contributed by atoms with Crippen LogP contribution in [0.25, 0.3) is 0 Å². The number of hydrogen-bond acceptors (Lipinski definition) is 0. The first kappa shape index (κ1) is 40.5. The molecule has 0 radical (unpaired) electrons. The van der Waals surface area contributed by atoms with Gasteiger partial charge in [0.25, 0.3) is 0 Å². The Hall–Kier alpha value is -0.560. The fourth-order valence-corrected chi connectivity index (χ4v) is 7.28. The van der Waals surface area contributed by atoms with Crippen molar-refractivity contribution in [1.82, 2.24) is 0 Å². The summed E-state index contributed by atoms with van der Waals surface area (Å²) in [5.74, 6) is 0. The first-order valence-electron chi connectivity index (χ1n) is 20.4. The van der Waals surface area contributed by atoms with Crippen molar-refractivity contribution in [3.05, 3.63) is 24.4 Å². The largest absolute Gasteiger partial charge is 0.294 e. The molecule has 0 aromatic rings. The summed E-state index contributed by atoms with van der Waals surface area (Å²) < 4.78 is 1.15. The molecule has 1 heteroatoms. The molecule has 1 aliphatic rings. The molecule has 0 N–H and O–H groups in total. The van der Waals surface area contributed by atoms with E-state index in [4.69, 9.17) is 0 Å². The van der Waals surface area contributed by atoms with Crippen LogP contribution in [0.5, 0.6) is 0 Å². The number of rotatable bonds is 34. The number of unbranched alkanes of at least 4 members (excludes halogenated alkanes) is 30. The van der Waals surface area contributed by atoms with Gasteiger partial charge in [0, 0.05) is 6.42 Å². The standard InChI is InChI=1S/C42H82N/c1-4-6-8-10-12-14-16-18-20-22-24-26-28-30-32-34-38-42-39-35-37-41-43(42,3)40-36-33-31-29-27-25-23-21-19-17-15-13-11-9-7-5-2/h35,37,39,41-42H,4-34,36,38,40H2,1-3H3/q+1/t42-,43?/m0/s1. The minimum absolute atomic E-state index is 0.702. The van der Waals surface area contributed by atoms with E-state index in [1.807, 2.05) is 0 Å². The normalized spacial score (nSPS) is 18.2. The van der Waals surface area contributed by atoms with Crippen LogP contribution in [0, 0.1) is 0 Å². The summed E-state index contributed by atoms with van der Waals surface area (Å²) in [5, 5.41) is 0. The molecule has 1 unspecified atom stereocenters. The first-order chi connectivity index (χ1) is 21.2. The molecular formula is C42H82N+. The van der Waals surface area contributed by atoms with Gasteiger partial charge in [-0.2, -0.15) is 0 Å². The van der Waals surface area contributed by atoms with Crippen LogP contribution in [0.15, 0.2) is 24.4 Å². The van der Waals surface area contributed by atoms with Crippen molar-refractivity contribution in [1.29, 1.82) is 0 Å². The molecule has 1 aliphatic heterocycles. The molecule has 1 rings (SSSR count). The third kappa shape index (κ3) is 25.3. The van der Waals surface area contributed by atoms with Gasteiger partial charge in [0.05, 0.1) is 19.8 Å². The van der Waals surface area contributed by atoms with E-state index in [1.54, 1.807) is 0 Å². The van der Waals surface area contributed by atoms with Gasteiger partial charge in [0.15, 0.2) is 0 Å². The third-order valence-electron chi connectivity index (χ3n) is 10.5.